The van der Waals surface area contributed by atoms with Crippen molar-refractivity contribution in [2.45, 2.75) is 25.3 Å². The first-order valence-electron chi connectivity index (χ1n) is 7.14. The summed E-state index contributed by atoms with van der Waals surface area (Å²) in [6.45, 7) is 4.06. The highest BCUT2D eigenvalue weighted by Gasteiger charge is 2.30. The van der Waals surface area contributed by atoms with Gasteiger partial charge in [0.25, 0.3) is 0 Å². The maximum atomic E-state index is 11.1. The number of fused-ring (bicyclic) bond motifs is 1. The van der Waals surface area contributed by atoms with Crippen molar-refractivity contribution in [1.29, 1.82) is 0 Å². The van der Waals surface area contributed by atoms with E-state index in [0.717, 1.165) is 26.1 Å². The standard InChI is InChI=1S/C14H20N4O2/c15-11-4-5-12(14(19)20)16-13(11)18-8-2-7-17-6-1-3-10(17)9-18/h4-5,10H,1-3,6-9,15H2,(H,19,20). The van der Waals surface area contributed by atoms with E-state index >= 15 is 0 Å². The lowest BCUT2D eigenvalue weighted by Gasteiger charge is -2.27. The number of aromatic carboxylic acids is 1. The molecule has 20 heavy (non-hydrogen) atoms. The van der Waals surface area contributed by atoms with Crippen LogP contribution in [-0.2, 0) is 0 Å². The Kier molecular flexibility index (Phi) is 3.48. The fourth-order valence-corrected chi connectivity index (χ4v) is 3.23. The second kappa shape index (κ2) is 5.28. The topological polar surface area (TPSA) is 82.7 Å². The Morgan fingerprint density at radius 3 is 2.90 bits per heavy atom. The molecule has 1 unspecified atom stereocenters. The highest BCUT2D eigenvalue weighted by Crippen LogP contribution is 2.27. The van der Waals surface area contributed by atoms with Crippen molar-refractivity contribution >= 4 is 17.5 Å². The smallest absolute Gasteiger partial charge is 0.354 e. The summed E-state index contributed by atoms with van der Waals surface area (Å²) in [7, 11) is 0. The number of pyridine rings is 1. The number of hydrogen-bond donors (Lipinski definition) is 2. The van der Waals surface area contributed by atoms with Crippen LogP contribution in [0, 0.1) is 0 Å². The molecular formula is C14H20N4O2. The van der Waals surface area contributed by atoms with Gasteiger partial charge in [-0.05, 0) is 37.9 Å². The number of carboxylic acids is 1. The van der Waals surface area contributed by atoms with Gasteiger partial charge in [-0.3, -0.25) is 4.90 Å². The maximum Gasteiger partial charge on any atom is 0.354 e. The van der Waals surface area contributed by atoms with Crippen LogP contribution >= 0.6 is 0 Å². The van der Waals surface area contributed by atoms with E-state index < -0.39 is 5.97 Å². The van der Waals surface area contributed by atoms with Crippen molar-refractivity contribution in [3.8, 4) is 0 Å². The van der Waals surface area contributed by atoms with Gasteiger partial charge < -0.3 is 15.7 Å². The fourth-order valence-electron chi connectivity index (χ4n) is 3.23. The average molecular weight is 276 g/mol. The second-order valence-electron chi connectivity index (χ2n) is 5.55. The van der Waals surface area contributed by atoms with Crippen LogP contribution in [0.5, 0.6) is 0 Å². The molecule has 108 valence electrons. The number of aromatic nitrogens is 1. The lowest BCUT2D eigenvalue weighted by Crippen LogP contribution is -2.37. The van der Waals surface area contributed by atoms with Crippen molar-refractivity contribution in [3.63, 3.8) is 0 Å². The molecule has 0 bridgehead atoms. The SMILES string of the molecule is Nc1ccc(C(=O)O)nc1N1CCCN2CCCC2C1. The Hall–Kier alpha value is -1.82. The van der Waals surface area contributed by atoms with E-state index in [1.54, 1.807) is 6.07 Å². The minimum Gasteiger partial charge on any atom is -0.477 e. The third kappa shape index (κ3) is 2.43. The van der Waals surface area contributed by atoms with E-state index in [1.165, 1.54) is 25.5 Å². The number of nitrogen functional groups attached to an aromatic ring is 1. The van der Waals surface area contributed by atoms with Crippen LogP contribution in [0.2, 0.25) is 0 Å². The summed E-state index contributed by atoms with van der Waals surface area (Å²) in [4.78, 5) is 20.0. The summed E-state index contributed by atoms with van der Waals surface area (Å²) in [5.41, 5.74) is 6.61. The number of anilines is 2. The molecule has 2 aliphatic rings. The van der Waals surface area contributed by atoms with E-state index in [1.807, 2.05) is 0 Å². The predicted molar refractivity (Wildman–Crippen MR) is 77.0 cm³/mol. The fraction of sp³-hybridized carbons (Fsp3) is 0.571. The number of nitrogens with two attached hydrogens (primary N) is 1. The van der Waals surface area contributed by atoms with E-state index in [-0.39, 0.29) is 5.69 Å². The van der Waals surface area contributed by atoms with Crippen LogP contribution in [0.4, 0.5) is 11.5 Å². The Morgan fingerprint density at radius 2 is 2.10 bits per heavy atom. The zero-order chi connectivity index (χ0) is 14.1. The molecule has 1 atom stereocenters. The van der Waals surface area contributed by atoms with Crippen molar-refractivity contribution in [1.82, 2.24) is 9.88 Å². The van der Waals surface area contributed by atoms with E-state index in [4.69, 9.17) is 10.8 Å². The number of carbonyl (C=O) groups is 1. The molecule has 3 heterocycles. The van der Waals surface area contributed by atoms with Crippen molar-refractivity contribution in [2.24, 2.45) is 0 Å². The van der Waals surface area contributed by atoms with E-state index in [2.05, 4.69) is 14.8 Å². The van der Waals surface area contributed by atoms with Crippen molar-refractivity contribution in [3.05, 3.63) is 17.8 Å². The molecule has 3 rings (SSSR count). The Bertz CT molecular complexity index is 520. The second-order valence-corrected chi connectivity index (χ2v) is 5.55. The molecule has 6 nitrogen and oxygen atoms in total. The van der Waals surface area contributed by atoms with Gasteiger partial charge in [0.2, 0.25) is 0 Å². The third-order valence-electron chi connectivity index (χ3n) is 4.23. The van der Waals surface area contributed by atoms with Crippen LogP contribution in [0.15, 0.2) is 12.1 Å². The summed E-state index contributed by atoms with van der Waals surface area (Å²) in [5.74, 6) is -0.387. The Labute approximate surface area is 118 Å². The number of hydrogen-bond acceptors (Lipinski definition) is 5. The van der Waals surface area contributed by atoms with Gasteiger partial charge in [-0.25, -0.2) is 9.78 Å². The van der Waals surface area contributed by atoms with Gasteiger partial charge in [-0.1, -0.05) is 0 Å². The molecule has 0 radical (unpaired) electrons. The van der Waals surface area contributed by atoms with Gasteiger partial charge in [0.15, 0.2) is 11.5 Å². The van der Waals surface area contributed by atoms with Gasteiger partial charge in [-0.15, -0.1) is 0 Å². The molecule has 1 aromatic heterocycles. The molecule has 2 aliphatic heterocycles. The third-order valence-corrected chi connectivity index (χ3v) is 4.23. The van der Waals surface area contributed by atoms with Gasteiger partial charge in [0, 0.05) is 25.7 Å². The Morgan fingerprint density at radius 1 is 1.30 bits per heavy atom. The zero-order valence-electron chi connectivity index (χ0n) is 11.5. The molecule has 0 amide bonds. The largest absolute Gasteiger partial charge is 0.477 e. The van der Waals surface area contributed by atoms with Gasteiger partial charge in [0.1, 0.15) is 0 Å². The number of rotatable bonds is 2. The maximum absolute atomic E-state index is 11.1. The minimum absolute atomic E-state index is 0.0572. The highest BCUT2D eigenvalue weighted by molar-refractivity contribution is 5.87. The van der Waals surface area contributed by atoms with Gasteiger partial charge in [-0.2, -0.15) is 0 Å². The monoisotopic (exact) mass is 276 g/mol. The van der Waals surface area contributed by atoms with Crippen LogP contribution in [-0.4, -0.2) is 53.2 Å². The molecule has 0 aromatic carbocycles. The number of carboxylic acid groups (broad SMARTS) is 1. The first-order valence-corrected chi connectivity index (χ1v) is 7.14. The lowest BCUT2D eigenvalue weighted by molar-refractivity contribution is 0.0690. The molecule has 0 spiro atoms. The molecule has 3 N–H and O–H groups in total. The summed E-state index contributed by atoms with van der Waals surface area (Å²) < 4.78 is 0. The summed E-state index contributed by atoms with van der Waals surface area (Å²) >= 11 is 0. The summed E-state index contributed by atoms with van der Waals surface area (Å²) in [5, 5.41) is 9.07. The Balaban J connectivity index is 1.87. The number of nitrogens with zero attached hydrogens (tertiary/aromatic N) is 3. The summed E-state index contributed by atoms with van der Waals surface area (Å²) in [6.07, 6.45) is 3.51. The first kappa shape index (κ1) is 13.2. The molecule has 0 saturated carbocycles. The van der Waals surface area contributed by atoms with Crippen LogP contribution in [0.3, 0.4) is 0 Å². The molecular weight excluding hydrogens is 256 g/mol. The van der Waals surface area contributed by atoms with E-state index in [9.17, 15) is 4.79 Å². The molecule has 1 aromatic rings. The highest BCUT2D eigenvalue weighted by atomic mass is 16.4. The van der Waals surface area contributed by atoms with E-state index in [0.29, 0.717) is 17.5 Å². The molecule has 2 fully saturated rings. The van der Waals surface area contributed by atoms with Gasteiger partial charge in [0.05, 0.1) is 5.69 Å². The minimum atomic E-state index is -1.01. The summed E-state index contributed by atoms with van der Waals surface area (Å²) in [6, 6.07) is 3.65. The molecule has 0 aliphatic carbocycles. The van der Waals surface area contributed by atoms with Crippen molar-refractivity contribution in [2.75, 3.05) is 36.8 Å². The normalized spacial score (nSPS) is 23.4. The average Bonchev–Trinajstić information content (AvgIpc) is 2.76. The van der Waals surface area contributed by atoms with Crippen LogP contribution in [0.1, 0.15) is 29.8 Å². The first-order chi connectivity index (χ1) is 9.65. The van der Waals surface area contributed by atoms with Gasteiger partial charge >= 0.3 is 5.97 Å². The van der Waals surface area contributed by atoms with Crippen LogP contribution in [0.25, 0.3) is 0 Å². The molecule has 2 saturated heterocycles. The van der Waals surface area contributed by atoms with Crippen LogP contribution < -0.4 is 10.6 Å². The molecule has 6 heteroatoms. The quantitative estimate of drug-likeness (QED) is 0.839. The zero-order valence-corrected chi connectivity index (χ0v) is 11.5. The van der Waals surface area contributed by atoms with Crippen molar-refractivity contribution < 1.29 is 9.90 Å². The predicted octanol–water partition coefficient (Wildman–Crippen LogP) is 1.04. The lowest BCUT2D eigenvalue weighted by atomic mass is 10.2.